The number of nitriles is 1. The number of nitrogens with zero attached hydrogens (tertiary/aromatic N) is 3. The first kappa shape index (κ1) is 11.4. The third-order valence-electron chi connectivity index (χ3n) is 2.10. The van der Waals surface area contributed by atoms with E-state index in [1.54, 1.807) is 18.3 Å². The fourth-order valence-electron chi connectivity index (χ4n) is 1.30. The molecule has 0 saturated carbocycles. The van der Waals surface area contributed by atoms with Crippen LogP contribution < -0.4 is 5.73 Å². The summed E-state index contributed by atoms with van der Waals surface area (Å²) >= 11 is 1.36. The molecular formula is C12H10N4S. The summed E-state index contributed by atoms with van der Waals surface area (Å²) in [6, 6.07) is 9.17. The van der Waals surface area contributed by atoms with E-state index >= 15 is 0 Å². The van der Waals surface area contributed by atoms with Crippen molar-refractivity contribution in [3.8, 4) is 6.07 Å². The summed E-state index contributed by atoms with van der Waals surface area (Å²) in [5.74, 6) is 0. The summed E-state index contributed by atoms with van der Waals surface area (Å²) in [6.07, 6.45) is 1.70. The van der Waals surface area contributed by atoms with Crippen molar-refractivity contribution >= 4 is 17.4 Å². The lowest BCUT2D eigenvalue weighted by Gasteiger charge is -2.03. The van der Waals surface area contributed by atoms with Gasteiger partial charge in [0.25, 0.3) is 0 Å². The molecule has 1 aromatic carbocycles. The Labute approximate surface area is 104 Å². The molecule has 1 aromatic heterocycles. The molecule has 0 aliphatic rings. The number of hydrogen-bond donors (Lipinski definition) is 1. The SMILES string of the molecule is Cc1ccnc(Sc2ccc(N)cc2C#N)n1. The first-order chi connectivity index (χ1) is 8.19. The molecule has 0 aliphatic heterocycles. The Kier molecular flexibility index (Phi) is 3.26. The van der Waals surface area contributed by atoms with Gasteiger partial charge in [0.2, 0.25) is 0 Å². The molecule has 17 heavy (non-hydrogen) atoms. The largest absolute Gasteiger partial charge is 0.399 e. The Morgan fingerprint density at radius 3 is 2.88 bits per heavy atom. The molecular weight excluding hydrogens is 232 g/mol. The van der Waals surface area contributed by atoms with E-state index in [9.17, 15) is 0 Å². The molecule has 5 heteroatoms. The summed E-state index contributed by atoms with van der Waals surface area (Å²) in [6.45, 7) is 1.90. The molecule has 0 fully saturated rings. The van der Waals surface area contributed by atoms with Gasteiger partial charge in [-0.15, -0.1) is 0 Å². The second-order valence-electron chi connectivity index (χ2n) is 3.45. The van der Waals surface area contributed by atoms with Crippen LogP contribution in [-0.2, 0) is 0 Å². The number of nitrogen functional groups attached to an aromatic ring is 1. The zero-order chi connectivity index (χ0) is 12.3. The van der Waals surface area contributed by atoms with Gasteiger partial charge in [-0.1, -0.05) is 0 Å². The molecule has 0 spiro atoms. The van der Waals surface area contributed by atoms with Gasteiger partial charge >= 0.3 is 0 Å². The van der Waals surface area contributed by atoms with Crippen molar-refractivity contribution in [2.45, 2.75) is 17.0 Å². The number of nitrogens with two attached hydrogens (primary N) is 1. The number of aryl methyl sites for hydroxylation is 1. The first-order valence-corrected chi connectivity index (χ1v) is 5.78. The molecule has 4 nitrogen and oxygen atoms in total. The molecule has 84 valence electrons. The molecule has 0 radical (unpaired) electrons. The molecule has 1 heterocycles. The Bertz CT molecular complexity index is 589. The van der Waals surface area contributed by atoms with Gasteiger partial charge in [0, 0.05) is 22.5 Å². The number of anilines is 1. The first-order valence-electron chi connectivity index (χ1n) is 4.96. The minimum absolute atomic E-state index is 0.542. The Hall–Kier alpha value is -2.06. The lowest BCUT2D eigenvalue weighted by molar-refractivity contribution is 0.932. The van der Waals surface area contributed by atoms with Crippen molar-refractivity contribution in [2.75, 3.05) is 5.73 Å². The van der Waals surface area contributed by atoms with Crippen LogP contribution in [-0.4, -0.2) is 9.97 Å². The van der Waals surface area contributed by atoms with Gasteiger partial charge < -0.3 is 5.73 Å². The fourth-order valence-corrected chi connectivity index (χ4v) is 2.15. The molecule has 0 atom stereocenters. The van der Waals surface area contributed by atoms with Gasteiger partial charge in [0.1, 0.15) is 6.07 Å². The van der Waals surface area contributed by atoms with Crippen LogP contribution in [0.1, 0.15) is 11.3 Å². The van der Waals surface area contributed by atoms with Crippen LogP contribution in [0.5, 0.6) is 0 Å². The van der Waals surface area contributed by atoms with Crippen molar-refractivity contribution in [1.82, 2.24) is 9.97 Å². The van der Waals surface area contributed by atoms with E-state index in [1.807, 2.05) is 19.1 Å². The highest BCUT2D eigenvalue weighted by atomic mass is 32.2. The molecule has 0 aliphatic carbocycles. The zero-order valence-electron chi connectivity index (χ0n) is 9.21. The van der Waals surface area contributed by atoms with Crippen molar-refractivity contribution in [2.24, 2.45) is 0 Å². The molecule has 0 saturated heterocycles. The highest BCUT2D eigenvalue weighted by Gasteiger charge is 2.06. The monoisotopic (exact) mass is 242 g/mol. The molecule has 2 aromatic rings. The van der Waals surface area contributed by atoms with E-state index < -0.39 is 0 Å². The average molecular weight is 242 g/mol. The van der Waals surface area contributed by atoms with Crippen LogP contribution >= 0.6 is 11.8 Å². The van der Waals surface area contributed by atoms with E-state index in [-0.39, 0.29) is 0 Å². The van der Waals surface area contributed by atoms with Crippen LogP contribution in [0.3, 0.4) is 0 Å². The van der Waals surface area contributed by atoms with E-state index in [2.05, 4.69) is 16.0 Å². The zero-order valence-corrected chi connectivity index (χ0v) is 10.0. The highest BCUT2D eigenvalue weighted by molar-refractivity contribution is 7.99. The van der Waals surface area contributed by atoms with Crippen molar-refractivity contribution in [1.29, 1.82) is 5.26 Å². The van der Waals surface area contributed by atoms with Crippen molar-refractivity contribution < 1.29 is 0 Å². The second-order valence-corrected chi connectivity index (χ2v) is 4.46. The Morgan fingerprint density at radius 2 is 2.18 bits per heavy atom. The van der Waals surface area contributed by atoms with E-state index in [0.717, 1.165) is 10.6 Å². The topological polar surface area (TPSA) is 75.6 Å². The maximum atomic E-state index is 9.02. The number of benzene rings is 1. The van der Waals surface area contributed by atoms with Crippen LogP contribution in [0.15, 0.2) is 40.5 Å². The summed E-state index contributed by atoms with van der Waals surface area (Å²) in [5, 5.41) is 9.65. The Balaban J connectivity index is 2.34. The van der Waals surface area contributed by atoms with Gasteiger partial charge in [0.05, 0.1) is 5.56 Å². The second kappa shape index (κ2) is 4.85. The Morgan fingerprint density at radius 1 is 1.35 bits per heavy atom. The maximum Gasteiger partial charge on any atom is 0.192 e. The molecule has 2 N–H and O–H groups in total. The lowest BCUT2D eigenvalue weighted by Crippen LogP contribution is -1.91. The predicted octanol–water partition coefficient (Wildman–Crippen LogP) is 2.39. The van der Waals surface area contributed by atoms with Gasteiger partial charge in [0.15, 0.2) is 5.16 Å². The maximum absolute atomic E-state index is 9.02. The molecule has 0 amide bonds. The lowest BCUT2D eigenvalue weighted by atomic mass is 10.2. The molecule has 2 rings (SSSR count). The van der Waals surface area contributed by atoms with Gasteiger partial charge in [-0.05, 0) is 43.0 Å². The molecule has 0 unspecified atom stereocenters. The minimum atomic E-state index is 0.542. The highest BCUT2D eigenvalue weighted by Crippen LogP contribution is 2.28. The van der Waals surface area contributed by atoms with Crippen LogP contribution in [0.2, 0.25) is 0 Å². The van der Waals surface area contributed by atoms with Crippen LogP contribution in [0.25, 0.3) is 0 Å². The standard InChI is InChI=1S/C12H10N4S/c1-8-4-5-15-12(16-8)17-11-3-2-10(14)6-9(11)7-13/h2-6H,14H2,1H3. The van der Waals surface area contributed by atoms with Gasteiger partial charge in [-0.25, -0.2) is 9.97 Å². The smallest absolute Gasteiger partial charge is 0.192 e. The number of aromatic nitrogens is 2. The van der Waals surface area contributed by atoms with E-state index in [4.69, 9.17) is 11.0 Å². The van der Waals surface area contributed by atoms with Gasteiger partial charge in [-0.2, -0.15) is 5.26 Å². The van der Waals surface area contributed by atoms with Crippen LogP contribution in [0.4, 0.5) is 5.69 Å². The van der Waals surface area contributed by atoms with E-state index in [1.165, 1.54) is 11.8 Å². The van der Waals surface area contributed by atoms with E-state index in [0.29, 0.717) is 16.4 Å². The summed E-state index contributed by atoms with van der Waals surface area (Å²) < 4.78 is 0. The number of hydrogen-bond acceptors (Lipinski definition) is 5. The minimum Gasteiger partial charge on any atom is -0.399 e. The third kappa shape index (κ3) is 2.74. The molecule has 0 bridgehead atoms. The normalized spacial score (nSPS) is 9.88. The quantitative estimate of drug-likeness (QED) is 0.646. The predicted molar refractivity (Wildman–Crippen MR) is 66.5 cm³/mol. The summed E-state index contributed by atoms with van der Waals surface area (Å²) in [5.41, 5.74) is 7.65. The number of rotatable bonds is 2. The van der Waals surface area contributed by atoms with Crippen molar-refractivity contribution in [3.05, 3.63) is 41.7 Å². The van der Waals surface area contributed by atoms with Gasteiger partial charge in [-0.3, -0.25) is 0 Å². The summed E-state index contributed by atoms with van der Waals surface area (Å²) in [4.78, 5) is 9.23. The van der Waals surface area contributed by atoms with Crippen LogP contribution in [0, 0.1) is 18.3 Å². The summed E-state index contributed by atoms with van der Waals surface area (Å²) in [7, 11) is 0. The average Bonchev–Trinajstić information content (AvgIpc) is 2.31. The third-order valence-corrected chi connectivity index (χ3v) is 3.05. The fraction of sp³-hybridized carbons (Fsp3) is 0.0833. The van der Waals surface area contributed by atoms with Crippen molar-refractivity contribution in [3.63, 3.8) is 0 Å².